The Morgan fingerprint density at radius 2 is 2.42 bits per heavy atom. The molecule has 102 valence electrons. The molecular weight excluding hydrogens is 244 g/mol. The molecule has 0 radical (unpaired) electrons. The van der Waals surface area contributed by atoms with Crippen LogP contribution in [0, 0.1) is 0 Å². The first-order valence-electron chi connectivity index (χ1n) is 6.46. The number of aryl methyl sites for hydroxylation is 2. The van der Waals surface area contributed by atoms with Crippen molar-refractivity contribution in [3.8, 4) is 0 Å². The lowest BCUT2D eigenvalue weighted by atomic mass is 10.3. The highest BCUT2D eigenvalue weighted by Gasteiger charge is 2.11. The molecule has 0 unspecified atom stereocenters. The summed E-state index contributed by atoms with van der Waals surface area (Å²) >= 11 is 0. The van der Waals surface area contributed by atoms with Crippen molar-refractivity contribution in [1.82, 2.24) is 30.3 Å². The fourth-order valence-electron chi connectivity index (χ4n) is 1.70. The number of rotatable bonds is 7. The number of nitrogens with one attached hydrogen (secondary N) is 2. The van der Waals surface area contributed by atoms with Crippen LogP contribution in [-0.2, 0) is 13.0 Å². The number of hydrogen-bond acceptors (Lipinski definition) is 4. The van der Waals surface area contributed by atoms with E-state index in [1.54, 1.807) is 6.20 Å². The number of hydrogen-bond donors (Lipinski definition) is 2. The average molecular weight is 262 g/mol. The lowest BCUT2D eigenvalue weighted by molar-refractivity contribution is 0.0942. The van der Waals surface area contributed by atoms with E-state index in [-0.39, 0.29) is 11.7 Å². The normalized spacial score (nSPS) is 10.6. The van der Waals surface area contributed by atoms with Gasteiger partial charge < -0.3 is 5.32 Å². The summed E-state index contributed by atoms with van der Waals surface area (Å²) in [5.41, 5.74) is 0. The summed E-state index contributed by atoms with van der Waals surface area (Å²) in [4.78, 5) is 15.9. The standard InChI is InChI=1S/C12H18N6O/c1-2-5-10-15-11(17-16-10)12(19)13-6-3-8-18-9-4-7-14-18/h4,7,9H,2-3,5-6,8H2,1H3,(H,13,19)(H,15,16,17). The Bertz CT molecular complexity index is 504. The zero-order valence-corrected chi connectivity index (χ0v) is 11.0. The van der Waals surface area contributed by atoms with Crippen LogP contribution < -0.4 is 5.32 Å². The van der Waals surface area contributed by atoms with Gasteiger partial charge in [-0.05, 0) is 18.9 Å². The maximum absolute atomic E-state index is 11.7. The van der Waals surface area contributed by atoms with Crippen LogP contribution in [0.2, 0.25) is 0 Å². The van der Waals surface area contributed by atoms with Crippen molar-refractivity contribution in [3.05, 3.63) is 30.1 Å². The van der Waals surface area contributed by atoms with E-state index in [0.29, 0.717) is 6.54 Å². The van der Waals surface area contributed by atoms with Crippen molar-refractivity contribution >= 4 is 5.91 Å². The molecule has 0 bridgehead atoms. The Morgan fingerprint density at radius 3 is 3.16 bits per heavy atom. The molecule has 0 aliphatic carbocycles. The zero-order chi connectivity index (χ0) is 13.5. The minimum atomic E-state index is -0.237. The molecule has 0 fully saturated rings. The molecule has 0 saturated carbocycles. The number of amides is 1. The van der Waals surface area contributed by atoms with Crippen LogP contribution in [0.1, 0.15) is 36.2 Å². The number of H-pyrrole nitrogens is 1. The van der Waals surface area contributed by atoms with Crippen LogP contribution in [-0.4, -0.2) is 37.4 Å². The molecule has 7 heteroatoms. The number of nitrogens with zero attached hydrogens (tertiary/aromatic N) is 4. The average Bonchev–Trinajstić information content (AvgIpc) is 3.06. The SMILES string of the molecule is CCCc1nc(C(=O)NCCCn2cccn2)n[nH]1. The van der Waals surface area contributed by atoms with Crippen molar-refractivity contribution in [2.75, 3.05) is 6.54 Å². The molecule has 2 N–H and O–H groups in total. The van der Waals surface area contributed by atoms with Crippen LogP contribution in [0.4, 0.5) is 0 Å². The van der Waals surface area contributed by atoms with Crippen LogP contribution in [0.15, 0.2) is 18.5 Å². The van der Waals surface area contributed by atoms with Gasteiger partial charge in [0.2, 0.25) is 5.82 Å². The molecule has 2 aromatic rings. The van der Waals surface area contributed by atoms with Crippen molar-refractivity contribution in [1.29, 1.82) is 0 Å². The van der Waals surface area contributed by atoms with E-state index in [4.69, 9.17) is 0 Å². The summed E-state index contributed by atoms with van der Waals surface area (Å²) in [6, 6.07) is 1.88. The molecule has 19 heavy (non-hydrogen) atoms. The first-order chi connectivity index (χ1) is 9.29. The zero-order valence-electron chi connectivity index (χ0n) is 11.0. The minimum Gasteiger partial charge on any atom is -0.349 e. The summed E-state index contributed by atoms with van der Waals surface area (Å²) in [6.07, 6.45) is 6.23. The molecule has 2 aromatic heterocycles. The van der Waals surface area contributed by atoms with Gasteiger partial charge in [-0.2, -0.15) is 5.10 Å². The smallest absolute Gasteiger partial charge is 0.290 e. The largest absolute Gasteiger partial charge is 0.349 e. The summed E-state index contributed by atoms with van der Waals surface area (Å²) in [5.74, 6) is 0.728. The molecule has 2 heterocycles. The van der Waals surface area contributed by atoms with E-state index >= 15 is 0 Å². The highest BCUT2D eigenvalue weighted by atomic mass is 16.2. The molecule has 0 aliphatic rings. The fraction of sp³-hybridized carbons (Fsp3) is 0.500. The second kappa shape index (κ2) is 6.67. The summed E-state index contributed by atoms with van der Waals surface area (Å²) in [7, 11) is 0. The van der Waals surface area contributed by atoms with Gasteiger partial charge in [-0.25, -0.2) is 4.98 Å². The third-order valence-electron chi connectivity index (χ3n) is 2.63. The van der Waals surface area contributed by atoms with Crippen molar-refractivity contribution in [3.63, 3.8) is 0 Å². The Hall–Kier alpha value is -2.18. The molecule has 2 rings (SSSR count). The topological polar surface area (TPSA) is 88.5 Å². The van der Waals surface area contributed by atoms with Crippen LogP contribution in [0.3, 0.4) is 0 Å². The predicted octanol–water partition coefficient (Wildman–Crippen LogP) is 0.774. The van der Waals surface area contributed by atoms with Gasteiger partial charge in [0.15, 0.2) is 0 Å². The van der Waals surface area contributed by atoms with E-state index in [1.807, 2.05) is 16.9 Å². The summed E-state index contributed by atoms with van der Waals surface area (Å²) < 4.78 is 1.83. The number of carbonyl (C=O) groups is 1. The van der Waals surface area contributed by atoms with Crippen molar-refractivity contribution in [2.24, 2.45) is 0 Å². The van der Waals surface area contributed by atoms with Gasteiger partial charge in [-0.1, -0.05) is 6.92 Å². The maximum atomic E-state index is 11.7. The number of carbonyl (C=O) groups excluding carboxylic acids is 1. The first kappa shape index (κ1) is 13.3. The third kappa shape index (κ3) is 3.90. The van der Waals surface area contributed by atoms with E-state index in [1.165, 1.54) is 0 Å². The van der Waals surface area contributed by atoms with Gasteiger partial charge in [0, 0.05) is 31.9 Å². The Kier molecular flexibility index (Phi) is 4.66. The highest BCUT2D eigenvalue weighted by molar-refractivity contribution is 5.90. The Labute approximate surface area is 111 Å². The first-order valence-corrected chi connectivity index (χ1v) is 6.46. The molecule has 0 atom stereocenters. The molecule has 0 aliphatic heterocycles. The lowest BCUT2D eigenvalue weighted by Crippen LogP contribution is -2.26. The third-order valence-corrected chi connectivity index (χ3v) is 2.63. The predicted molar refractivity (Wildman–Crippen MR) is 69.6 cm³/mol. The molecule has 0 saturated heterocycles. The van der Waals surface area contributed by atoms with Gasteiger partial charge in [0.05, 0.1) is 0 Å². The number of aromatic nitrogens is 5. The Morgan fingerprint density at radius 1 is 1.53 bits per heavy atom. The lowest BCUT2D eigenvalue weighted by Gasteiger charge is -2.02. The van der Waals surface area contributed by atoms with E-state index in [0.717, 1.165) is 31.6 Å². The highest BCUT2D eigenvalue weighted by Crippen LogP contribution is 1.96. The van der Waals surface area contributed by atoms with E-state index in [2.05, 4.69) is 32.5 Å². The van der Waals surface area contributed by atoms with Crippen LogP contribution in [0.25, 0.3) is 0 Å². The second-order valence-electron chi connectivity index (χ2n) is 4.23. The maximum Gasteiger partial charge on any atom is 0.290 e. The van der Waals surface area contributed by atoms with Crippen molar-refractivity contribution < 1.29 is 4.79 Å². The van der Waals surface area contributed by atoms with Gasteiger partial charge >= 0.3 is 0 Å². The monoisotopic (exact) mass is 262 g/mol. The quantitative estimate of drug-likeness (QED) is 0.721. The molecule has 0 aromatic carbocycles. The number of aromatic amines is 1. The van der Waals surface area contributed by atoms with Gasteiger partial charge in [-0.3, -0.25) is 14.6 Å². The van der Waals surface area contributed by atoms with Gasteiger partial charge in [-0.15, -0.1) is 5.10 Å². The van der Waals surface area contributed by atoms with E-state index in [9.17, 15) is 4.79 Å². The van der Waals surface area contributed by atoms with Crippen molar-refractivity contribution in [2.45, 2.75) is 32.7 Å². The summed E-state index contributed by atoms with van der Waals surface area (Å²) in [6.45, 7) is 3.41. The van der Waals surface area contributed by atoms with Crippen LogP contribution >= 0.6 is 0 Å². The minimum absolute atomic E-state index is 0.211. The van der Waals surface area contributed by atoms with Gasteiger partial charge in [0.25, 0.3) is 5.91 Å². The molecule has 1 amide bonds. The van der Waals surface area contributed by atoms with E-state index < -0.39 is 0 Å². The fourth-order valence-corrected chi connectivity index (χ4v) is 1.70. The molecule has 7 nitrogen and oxygen atoms in total. The van der Waals surface area contributed by atoms with Gasteiger partial charge in [0.1, 0.15) is 5.82 Å². The molecular formula is C12H18N6O. The summed E-state index contributed by atoms with van der Waals surface area (Å²) in [5, 5.41) is 13.5. The second-order valence-corrected chi connectivity index (χ2v) is 4.23. The molecule has 0 spiro atoms. The van der Waals surface area contributed by atoms with Crippen LogP contribution in [0.5, 0.6) is 0 Å². The Balaban J connectivity index is 1.71.